The zero-order valence-electron chi connectivity index (χ0n) is 25.1. The SMILES string of the molecule is CC[C@@]1(O)C(=O)OCc2c1cc1n(c2=O)Cc2c-1nc1cc(F)c(Cl)c3c1c2C(NC(=O)CN(CC(C)O)C(=O)CC(F)(F)F)CC3. The number of rotatable bonds is 7. The molecule has 16 heteroatoms. The maximum Gasteiger partial charge on any atom is 0.397 e. The van der Waals surface area contributed by atoms with Crippen molar-refractivity contribution >= 4 is 40.3 Å². The number of hydrogen-bond acceptors (Lipinski definition) is 8. The van der Waals surface area contributed by atoms with Crippen molar-refractivity contribution in [1.29, 1.82) is 0 Å². The van der Waals surface area contributed by atoms with Crippen LogP contribution in [0.4, 0.5) is 17.6 Å². The first-order chi connectivity index (χ1) is 22.0. The Hall–Kier alpha value is -4.08. The van der Waals surface area contributed by atoms with Gasteiger partial charge >= 0.3 is 12.1 Å². The summed E-state index contributed by atoms with van der Waals surface area (Å²) in [6.07, 6.45) is -7.56. The molecule has 4 heterocycles. The third-order valence-corrected chi connectivity index (χ3v) is 9.31. The zero-order chi connectivity index (χ0) is 34.2. The molecule has 6 rings (SSSR count). The number of alkyl halides is 3. The third kappa shape index (κ3) is 5.53. The number of nitrogens with zero attached hydrogens (tertiary/aromatic N) is 3. The summed E-state index contributed by atoms with van der Waals surface area (Å²) < 4.78 is 60.4. The lowest BCUT2D eigenvalue weighted by Gasteiger charge is -2.31. The van der Waals surface area contributed by atoms with Gasteiger partial charge in [-0.3, -0.25) is 14.4 Å². The number of aryl methyl sites for hydroxylation is 1. The van der Waals surface area contributed by atoms with Crippen LogP contribution in [0.5, 0.6) is 0 Å². The number of carbonyl (C=O) groups is 3. The zero-order valence-corrected chi connectivity index (χ0v) is 25.9. The number of esters is 1. The Morgan fingerprint density at radius 3 is 2.64 bits per heavy atom. The van der Waals surface area contributed by atoms with Gasteiger partial charge in [0.1, 0.15) is 18.8 Å². The standard InChI is InChI=1S/C31H29ClF4N4O7/c1-3-30(46)17-6-21-27-15(10-40(21)28(44)16(17)12-47-29(30)45)25-19(5-4-14-24(25)20(38-27)7-18(33)26(14)32)37-22(42)11-39(9-13(2)41)23(43)8-31(34,35)36/h6-7,13,19,41,46H,3-5,8-12H2,1-2H3,(H,37,42)/t13?,19?,30-/m0/s1. The number of aromatic nitrogens is 2. The molecule has 0 bridgehead atoms. The van der Waals surface area contributed by atoms with Gasteiger partial charge in [-0.05, 0) is 43.4 Å². The van der Waals surface area contributed by atoms with Crippen LogP contribution in [0, 0.1) is 5.82 Å². The molecule has 3 atom stereocenters. The summed E-state index contributed by atoms with van der Waals surface area (Å²) in [4.78, 5) is 57.3. The van der Waals surface area contributed by atoms with Crippen LogP contribution in [0.15, 0.2) is 16.9 Å². The van der Waals surface area contributed by atoms with Crippen molar-refractivity contribution < 1.29 is 46.9 Å². The largest absolute Gasteiger partial charge is 0.458 e. The molecular weight excluding hydrogens is 652 g/mol. The van der Waals surface area contributed by atoms with Crippen LogP contribution in [0.25, 0.3) is 22.3 Å². The number of ether oxygens (including phenoxy) is 1. The first kappa shape index (κ1) is 32.8. The molecular formula is C31H29ClF4N4O7. The molecule has 2 amide bonds. The lowest BCUT2D eigenvalue weighted by molar-refractivity contribution is -0.172. The molecule has 1 aromatic carbocycles. The van der Waals surface area contributed by atoms with Crippen molar-refractivity contribution in [2.24, 2.45) is 0 Å². The van der Waals surface area contributed by atoms with Gasteiger partial charge in [-0.15, -0.1) is 0 Å². The van der Waals surface area contributed by atoms with Gasteiger partial charge in [0, 0.05) is 29.1 Å². The molecule has 47 heavy (non-hydrogen) atoms. The van der Waals surface area contributed by atoms with E-state index in [9.17, 15) is 42.6 Å². The number of pyridine rings is 2. The fourth-order valence-electron chi connectivity index (χ4n) is 6.77. The van der Waals surface area contributed by atoms with Gasteiger partial charge in [0.2, 0.25) is 11.8 Å². The number of amides is 2. The fourth-order valence-corrected chi connectivity index (χ4v) is 7.01. The first-order valence-corrected chi connectivity index (χ1v) is 15.2. The highest BCUT2D eigenvalue weighted by molar-refractivity contribution is 6.32. The quantitative estimate of drug-likeness (QED) is 0.199. The van der Waals surface area contributed by atoms with E-state index >= 15 is 4.39 Å². The number of carbonyl (C=O) groups excluding carboxylic acids is 3. The second-order valence-electron chi connectivity index (χ2n) is 12.1. The molecule has 2 aliphatic heterocycles. The maximum atomic E-state index is 15.0. The number of halogens is 5. The topological polar surface area (TPSA) is 151 Å². The van der Waals surface area contributed by atoms with E-state index in [2.05, 4.69) is 10.3 Å². The van der Waals surface area contributed by atoms with Gasteiger partial charge in [0.15, 0.2) is 5.60 Å². The van der Waals surface area contributed by atoms with Gasteiger partial charge in [-0.1, -0.05) is 18.5 Å². The van der Waals surface area contributed by atoms with Crippen LogP contribution in [-0.4, -0.2) is 67.8 Å². The predicted molar refractivity (Wildman–Crippen MR) is 158 cm³/mol. The van der Waals surface area contributed by atoms with E-state index in [1.54, 1.807) is 6.92 Å². The second kappa shape index (κ2) is 11.6. The average molecular weight is 681 g/mol. The van der Waals surface area contributed by atoms with Crippen LogP contribution in [0.1, 0.15) is 67.0 Å². The number of cyclic esters (lactones) is 1. The Morgan fingerprint density at radius 1 is 1.26 bits per heavy atom. The predicted octanol–water partition coefficient (Wildman–Crippen LogP) is 3.14. The van der Waals surface area contributed by atoms with Crippen molar-refractivity contribution in [1.82, 2.24) is 19.8 Å². The van der Waals surface area contributed by atoms with E-state index in [-0.39, 0.29) is 65.5 Å². The molecule has 250 valence electrons. The van der Waals surface area contributed by atoms with E-state index < -0.39 is 72.6 Å². The minimum atomic E-state index is -4.83. The number of benzene rings is 1. The number of aliphatic hydroxyl groups excluding tert-OH is 1. The molecule has 2 unspecified atom stereocenters. The Morgan fingerprint density at radius 2 is 1.98 bits per heavy atom. The lowest BCUT2D eigenvalue weighted by Crippen LogP contribution is -2.46. The van der Waals surface area contributed by atoms with Crippen LogP contribution in [0.2, 0.25) is 5.02 Å². The monoisotopic (exact) mass is 680 g/mol. The fraction of sp³-hybridized carbons (Fsp3) is 0.452. The molecule has 3 aliphatic rings. The highest BCUT2D eigenvalue weighted by Crippen LogP contribution is 2.46. The second-order valence-corrected chi connectivity index (χ2v) is 12.5. The summed E-state index contributed by atoms with van der Waals surface area (Å²) in [6, 6.07) is 1.79. The minimum Gasteiger partial charge on any atom is -0.458 e. The Bertz CT molecular complexity index is 1930. The van der Waals surface area contributed by atoms with E-state index in [1.807, 2.05) is 0 Å². The van der Waals surface area contributed by atoms with Gasteiger partial charge in [0.25, 0.3) is 5.56 Å². The number of hydrogen-bond donors (Lipinski definition) is 3. The summed E-state index contributed by atoms with van der Waals surface area (Å²) in [7, 11) is 0. The summed E-state index contributed by atoms with van der Waals surface area (Å²) in [6.45, 7) is 1.13. The van der Waals surface area contributed by atoms with E-state index in [0.29, 0.717) is 27.0 Å². The Balaban J connectivity index is 1.45. The van der Waals surface area contributed by atoms with Crippen molar-refractivity contribution in [2.45, 2.75) is 76.6 Å². The summed E-state index contributed by atoms with van der Waals surface area (Å²) in [5.74, 6) is -3.84. The van der Waals surface area contributed by atoms with Crippen LogP contribution < -0.4 is 10.9 Å². The molecule has 0 radical (unpaired) electrons. The summed E-state index contributed by atoms with van der Waals surface area (Å²) in [5.41, 5.74) is -0.437. The number of nitrogens with one attached hydrogen (secondary N) is 1. The smallest absolute Gasteiger partial charge is 0.397 e. The van der Waals surface area contributed by atoms with E-state index in [0.717, 1.165) is 6.07 Å². The van der Waals surface area contributed by atoms with Crippen molar-refractivity contribution in [2.75, 3.05) is 13.1 Å². The highest BCUT2D eigenvalue weighted by atomic mass is 35.5. The normalized spacial score (nSPS) is 20.3. The molecule has 3 aromatic rings. The highest BCUT2D eigenvalue weighted by Gasteiger charge is 2.46. The van der Waals surface area contributed by atoms with Crippen molar-refractivity contribution in [3.05, 3.63) is 61.1 Å². The molecule has 0 spiro atoms. The van der Waals surface area contributed by atoms with E-state index in [1.165, 1.54) is 17.6 Å². The van der Waals surface area contributed by atoms with Crippen LogP contribution in [-0.2, 0) is 44.3 Å². The average Bonchev–Trinajstić information content (AvgIpc) is 3.35. The number of aliphatic hydroxyl groups is 2. The van der Waals surface area contributed by atoms with Gasteiger partial charge in [0.05, 0.1) is 52.7 Å². The minimum absolute atomic E-state index is 0.0490. The number of fused-ring (bicyclic) bond motifs is 5. The molecule has 0 saturated carbocycles. The van der Waals surface area contributed by atoms with Gasteiger partial charge in [-0.2, -0.15) is 13.2 Å². The van der Waals surface area contributed by atoms with Crippen molar-refractivity contribution in [3.63, 3.8) is 0 Å². The maximum absolute atomic E-state index is 15.0. The van der Waals surface area contributed by atoms with Gasteiger partial charge in [-0.25, -0.2) is 14.2 Å². The third-order valence-electron chi connectivity index (χ3n) is 8.90. The summed E-state index contributed by atoms with van der Waals surface area (Å²) in [5, 5.41) is 24.1. The molecule has 0 saturated heterocycles. The van der Waals surface area contributed by atoms with Crippen LogP contribution >= 0.6 is 11.6 Å². The Labute approximate surface area is 269 Å². The van der Waals surface area contributed by atoms with Crippen molar-refractivity contribution in [3.8, 4) is 11.4 Å². The summed E-state index contributed by atoms with van der Waals surface area (Å²) >= 11 is 6.37. The van der Waals surface area contributed by atoms with Gasteiger partial charge < -0.3 is 29.7 Å². The Kier molecular flexibility index (Phi) is 8.08. The molecule has 1 aliphatic carbocycles. The first-order valence-electron chi connectivity index (χ1n) is 14.9. The molecule has 3 N–H and O–H groups in total. The molecule has 0 fully saturated rings. The molecule has 11 nitrogen and oxygen atoms in total. The molecule has 2 aromatic heterocycles. The van der Waals surface area contributed by atoms with E-state index in [4.69, 9.17) is 16.3 Å². The lowest BCUT2D eigenvalue weighted by atomic mass is 9.83. The van der Waals surface area contributed by atoms with Crippen LogP contribution in [0.3, 0.4) is 0 Å².